The fourth-order valence-electron chi connectivity index (χ4n) is 2.55. The van der Waals surface area contributed by atoms with Crippen LogP contribution in [0.15, 0.2) is 65.1 Å². The van der Waals surface area contributed by atoms with Crippen molar-refractivity contribution in [2.45, 2.75) is 11.3 Å². The molecule has 0 atom stereocenters. The highest BCUT2D eigenvalue weighted by molar-refractivity contribution is 7.99. The minimum atomic E-state index is -0.211. The second-order valence-electron chi connectivity index (χ2n) is 5.18. The van der Waals surface area contributed by atoms with Crippen LogP contribution < -0.4 is 4.74 Å². The highest BCUT2D eigenvalue weighted by atomic mass is 32.2. The second-order valence-corrected chi connectivity index (χ2v) is 6.23. The third-order valence-corrected chi connectivity index (χ3v) is 4.78. The third-order valence-electron chi connectivity index (χ3n) is 3.74. The predicted octanol–water partition coefficient (Wildman–Crippen LogP) is 4.19. The molecule has 0 N–H and O–H groups in total. The van der Waals surface area contributed by atoms with Gasteiger partial charge in [-0.2, -0.15) is 0 Å². The minimum Gasteiger partial charge on any atom is -0.497 e. The van der Waals surface area contributed by atoms with Gasteiger partial charge in [0.05, 0.1) is 19.3 Å². The molecule has 1 heterocycles. The van der Waals surface area contributed by atoms with Gasteiger partial charge < -0.3 is 9.47 Å². The first-order valence-electron chi connectivity index (χ1n) is 7.49. The van der Waals surface area contributed by atoms with Crippen molar-refractivity contribution >= 4 is 23.3 Å². The van der Waals surface area contributed by atoms with Crippen molar-refractivity contribution in [1.82, 2.24) is 0 Å². The normalized spacial score (nSPS) is 14.6. The van der Waals surface area contributed by atoms with E-state index in [1.54, 1.807) is 18.9 Å². The van der Waals surface area contributed by atoms with Crippen molar-refractivity contribution in [1.29, 1.82) is 0 Å². The first kappa shape index (κ1) is 15.7. The zero-order chi connectivity index (χ0) is 16.1. The van der Waals surface area contributed by atoms with Gasteiger partial charge in [-0.1, -0.05) is 30.3 Å². The molecule has 3 nitrogen and oxygen atoms in total. The lowest BCUT2D eigenvalue weighted by Crippen LogP contribution is -2.18. The number of cyclic esters (lactones) is 1. The van der Waals surface area contributed by atoms with Crippen LogP contribution >= 0.6 is 11.8 Å². The summed E-state index contributed by atoms with van der Waals surface area (Å²) >= 11 is 1.65. The molecule has 0 unspecified atom stereocenters. The highest BCUT2D eigenvalue weighted by Crippen LogP contribution is 2.32. The van der Waals surface area contributed by atoms with Gasteiger partial charge in [0.2, 0.25) is 0 Å². The van der Waals surface area contributed by atoms with E-state index in [9.17, 15) is 4.79 Å². The molecular weight excluding hydrogens is 308 g/mol. The lowest BCUT2D eigenvalue weighted by molar-refractivity contribution is -0.139. The molecule has 0 aliphatic carbocycles. The molecule has 1 aliphatic heterocycles. The van der Waals surface area contributed by atoms with Crippen LogP contribution in [0, 0.1) is 0 Å². The minimum absolute atomic E-state index is 0.211. The van der Waals surface area contributed by atoms with Crippen molar-refractivity contribution in [3.05, 3.63) is 65.7 Å². The Kier molecular flexibility index (Phi) is 5.03. The van der Waals surface area contributed by atoms with Crippen LogP contribution in [-0.2, 0) is 9.53 Å². The Balaban J connectivity index is 1.90. The van der Waals surface area contributed by atoms with Crippen molar-refractivity contribution in [2.75, 3.05) is 19.5 Å². The number of hydrogen-bond acceptors (Lipinski definition) is 4. The van der Waals surface area contributed by atoms with E-state index in [0.717, 1.165) is 33.8 Å². The van der Waals surface area contributed by atoms with Crippen molar-refractivity contribution in [3.8, 4) is 5.75 Å². The summed E-state index contributed by atoms with van der Waals surface area (Å²) in [5.41, 5.74) is 2.84. The van der Waals surface area contributed by atoms with Gasteiger partial charge in [0.25, 0.3) is 0 Å². The standard InChI is InChI=1S/C19H18O3S/c1-21-15-7-5-6-14(12-15)17-10-11-22-19(20)18(17)13-23-16-8-3-2-4-9-16/h2-9,12H,10-11,13H2,1H3. The zero-order valence-electron chi connectivity index (χ0n) is 13.0. The van der Waals surface area contributed by atoms with Crippen LogP contribution in [0.25, 0.3) is 5.57 Å². The van der Waals surface area contributed by atoms with Gasteiger partial charge in [0.1, 0.15) is 5.75 Å². The maximum atomic E-state index is 12.2. The van der Waals surface area contributed by atoms with Crippen LogP contribution in [0.2, 0.25) is 0 Å². The Bertz CT molecular complexity index is 722. The molecule has 3 rings (SSSR count). The Morgan fingerprint density at radius 3 is 2.74 bits per heavy atom. The monoisotopic (exact) mass is 326 g/mol. The predicted molar refractivity (Wildman–Crippen MR) is 92.7 cm³/mol. The van der Waals surface area contributed by atoms with Crippen LogP contribution in [0.3, 0.4) is 0 Å². The number of carbonyl (C=O) groups is 1. The lowest BCUT2D eigenvalue weighted by atomic mass is 9.96. The van der Waals surface area contributed by atoms with Gasteiger partial charge in [-0.05, 0) is 35.4 Å². The van der Waals surface area contributed by atoms with E-state index >= 15 is 0 Å². The molecule has 0 amide bonds. The summed E-state index contributed by atoms with van der Waals surface area (Å²) in [4.78, 5) is 13.4. The van der Waals surface area contributed by atoms with Gasteiger partial charge in [0.15, 0.2) is 0 Å². The van der Waals surface area contributed by atoms with Gasteiger partial charge in [0, 0.05) is 17.1 Å². The van der Waals surface area contributed by atoms with Crippen LogP contribution in [0.5, 0.6) is 5.75 Å². The summed E-state index contributed by atoms with van der Waals surface area (Å²) in [7, 11) is 1.65. The Labute approximate surface area is 140 Å². The molecule has 2 aromatic carbocycles. The number of thioether (sulfide) groups is 1. The van der Waals surface area contributed by atoms with Crippen LogP contribution in [-0.4, -0.2) is 25.4 Å². The van der Waals surface area contributed by atoms with Crippen LogP contribution in [0.4, 0.5) is 0 Å². The molecule has 0 saturated heterocycles. The Hall–Kier alpha value is -2.20. The molecule has 0 spiro atoms. The van der Waals surface area contributed by atoms with E-state index in [0.29, 0.717) is 12.4 Å². The molecule has 0 saturated carbocycles. The lowest BCUT2D eigenvalue weighted by Gasteiger charge is -2.20. The molecule has 0 radical (unpaired) electrons. The number of rotatable bonds is 5. The first-order chi connectivity index (χ1) is 11.3. The molecule has 0 bridgehead atoms. The maximum absolute atomic E-state index is 12.2. The number of benzene rings is 2. The van der Waals surface area contributed by atoms with Gasteiger partial charge in [-0.3, -0.25) is 0 Å². The molecule has 4 heteroatoms. The van der Waals surface area contributed by atoms with Crippen molar-refractivity contribution < 1.29 is 14.3 Å². The average molecular weight is 326 g/mol. The summed E-state index contributed by atoms with van der Waals surface area (Å²) in [5, 5.41) is 0. The molecule has 0 aromatic heterocycles. The van der Waals surface area contributed by atoms with Crippen LogP contribution in [0.1, 0.15) is 12.0 Å². The van der Waals surface area contributed by atoms with E-state index in [-0.39, 0.29) is 5.97 Å². The molecule has 2 aromatic rings. The quantitative estimate of drug-likeness (QED) is 0.610. The number of carbonyl (C=O) groups excluding carboxylic acids is 1. The number of esters is 1. The van der Waals surface area contributed by atoms with E-state index < -0.39 is 0 Å². The van der Waals surface area contributed by atoms with Crippen molar-refractivity contribution in [2.24, 2.45) is 0 Å². The van der Waals surface area contributed by atoms with Gasteiger partial charge in [-0.25, -0.2) is 4.79 Å². The van der Waals surface area contributed by atoms with E-state index in [1.807, 2.05) is 54.6 Å². The van der Waals surface area contributed by atoms with E-state index in [1.165, 1.54) is 0 Å². The second kappa shape index (κ2) is 7.38. The number of hydrogen-bond donors (Lipinski definition) is 0. The van der Waals surface area contributed by atoms with E-state index in [2.05, 4.69) is 0 Å². The summed E-state index contributed by atoms with van der Waals surface area (Å²) in [5.74, 6) is 1.19. The third kappa shape index (κ3) is 3.77. The SMILES string of the molecule is COc1cccc(C2=C(CSc3ccccc3)C(=O)OCC2)c1. The largest absolute Gasteiger partial charge is 0.497 e. The molecule has 1 aliphatic rings. The molecule has 23 heavy (non-hydrogen) atoms. The maximum Gasteiger partial charge on any atom is 0.335 e. The average Bonchev–Trinajstić information content (AvgIpc) is 2.61. The molecule has 0 fully saturated rings. The fourth-order valence-corrected chi connectivity index (χ4v) is 3.51. The fraction of sp³-hybridized carbons (Fsp3) is 0.211. The highest BCUT2D eigenvalue weighted by Gasteiger charge is 2.23. The summed E-state index contributed by atoms with van der Waals surface area (Å²) < 4.78 is 10.5. The Morgan fingerprint density at radius 1 is 1.13 bits per heavy atom. The summed E-state index contributed by atoms with van der Waals surface area (Å²) in [6.07, 6.45) is 0.740. The Morgan fingerprint density at radius 2 is 1.96 bits per heavy atom. The number of ether oxygens (including phenoxy) is 2. The molecule has 118 valence electrons. The summed E-state index contributed by atoms with van der Waals surface area (Å²) in [6.45, 7) is 0.435. The first-order valence-corrected chi connectivity index (χ1v) is 8.48. The number of methoxy groups -OCH3 is 1. The smallest absolute Gasteiger partial charge is 0.335 e. The van der Waals surface area contributed by atoms with Gasteiger partial charge in [-0.15, -0.1) is 11.8 Å². The van der Waals surface area contributed by atoms with Gasteiger partial charge >= 0.3 is 5.97 Å². The summed E-state index contributed by atoms with van der Waals surface area (Å²) in [6, 6.07) is 17.9. The molecular formula is C19H18O3S. The zero-order valence-corrected chi connectivity index (χ0v) is 13.8. The topological polar surface area (TPSA) is 35.5 Å². The van der Waals surface area contributed by atoms with Crippen molar-refractivity contribution in [3.63, 3.8) is 0 Å². The van der Waals surface area contributed by atoms with E-state index in [4.69, 9.17) is 9.47 Å².